The van der Waals surface area contributed by atoms with Crippen LogP contribution in [0.25, 0.3) is 0 Å². The third kappa shape index (κ3) is 4.07. The Morgan fingerprint density at radius 2 is 2.00 bits per heavy atom. The maximum atomic E-state index is 12.6. The summed E-state index contributed by atoms with van der Waals surface area (Å²) in [5.41, 5.74) is 6.72. The normalized spacial score (nSPS) is 11.6. The van der Waals surface area contributed by atoms with Crippen molar-refractivity contribution in [1.29, 1.82) is 0 Å². The average Bonchev–Trinajstić information content (AvgIpc) is 2.36. The van der Waals surface area contributed by atoms with Gasteiger partial charge in [-0.05, 0) is 30.5 Å². The van der Waals surface area contributed by atoms with Gasteiger partial charge in [0.05, 0.1) is 11.4 Å². The number of hydrogen-bond acceptors (Lipinski definition) is 3. The summed E-state index contributed by atoms with van der Waals surface area (Å²) >= 11 is 0. The van der Waals surface area contributed by atoms with Crippen molar-refractivity contribution in [2.24, 2.45) is 11.7 Å². The highest BCUT2D eigenvalue weighted by atomic mass is 32.2. The van der Waals surface area contributed by atoms with Gasteiger partial charge in [0, 0.05) is 19.2 Å². The molecular formula is C15H22N2O2S. The van der Waals surface area contributed by atoms with E-state index in [-0.39, 0.29) is 12.5 Å². The van der Waals surface area contributed by atoms with E-state index in [2.05, 4.69) is 11.8 Å². The van der Waals surface area contributed by atoms with E-state index in [1.165, 1.54) is 4.31 Å². The van der Waals surface area contributed by atoms with Gasteiger partial charge in [0.2, 0.25) is 10.0 Å². The fourth-order valence-corrected chi connectivity index (χ4v) is 3.47. The van der Waals surface area contributed by atoms with Gasteiger partial charge in [0.15, 0.2) is 0 Å². The average molecular weight is 294 g/mol. The largest absolute Gasteiger partial charge is 0.320 e. The molecule has 0 aliphatic heterocycles. The number of nitrogens with zero attached hydrogens (tertiary/aromatic N) is 1. The summed E-state index contributed by atoms with van der Waals surface area (Å²) < 4.78 is 26.5. The highest BCUT2D eigenvalue weighted by molar-refractivity contribution is 7.89. The Morgan fingerprint density at radius 3 is 2.55 bits per heavy atom. The molecule has 0 spiro atoms. The first-order valence-electron chi connectivity index (χ1n) is 6.55. The summed E-state index contributed by atoms with van der Waals surface area (Å²) in [4.78, 5) is 0.310. The highest BCUT2D eigenvalue weighted by Gasteiger charge is 2.23. The van der Waals surface area contributed by atoms with Crippen LogP contribution in [0.2, 0.25) is 0 Å². The third-order valence-corrected chi connectivity index (χ3v) is 4.80. The molecule has 110 valence electrons. The van der Waals surface area contributed by atoms with E-state index >= 15 is 0 Å². The van der Waals surface area contributed by atoms with E-state index in [0.29, 0.717) is 17.0 Å². The van der Waals surface area contributed by atoms with Crippen molar-refractivity contribution in [3.63, 3.8) is 0 Å². The molecule has 4 nitrogen and oxygen atoms in total. The van der Waals surface area contributed by atoms with Crippen molar-refractivity contribution >= 4 is 10.0 Å². The molecule has 0 aliphatic carbocycles. The van der Waals surface area contributed by atoms with E-state index in [9.17, 15) is 8.42 Å². The summed E-state index contributed by atoms with van der Waals surface area (Å²) in [6, 6.07) is 5.19. The van der Waals surface area contributed by atoms with E-state index in [1.807, 2.05) is 13.8 Å². The van der Waals surface area contributed by atoms with Gasteiger partial charge in [-0.2, -0.15) is 0 Å². The van der Waals surface area contributed by atoms with E-state index in [1.54, 1.807) is 32.2 Å². The predicted octanol–water partition coefficient (Wildman–Crippen LogP) is 1.58. The Balaban J connectivity index is 3.23. The van der Waals surface area contributed by atoms with Crippen LogP contribution in [-0.2, 0) is 10.0 Å². The van der Waals surface area contributed by atoms with Crippen LogP contribution in [-0.4, -0.2) is 32.9 Å². The summed E-state index contributed by atoms with van der Waals surface area (Å²) in [6.07, 6.45) is 0. The molecule has 0 saturated carbocycles. The van der Waals surface area contributed by atoms with Crippen LogP contribution < -0.4 is 5.73 Å². The molecule has 0 fully saturated rings. The Kier molecular flexibility index (Phi) is 5.75. The zero-order valence-corrected chi connectivity index (χ0v) is 13.3. The fraction of sp³-hybridized carbons (Fsp3) is 0.467. The smallest absolute Gasteiger partial charge is 0.243 e. The monoisotopic (exact) mass is 294 g/mol. The third-order valence-electron chi connectivity index (χ3n) is 2.83. The molecule has 0 bridgehead atoms. The van der Waals surface area contributed by atoms with Crippen molar-refractivity contribution in [3.05, 3.63) is 29.3 Å². The van der Waals surface area contributed by atoms with E-state index in [0.717, 1.165) is 5.56 Å². The first-order valence-corrected chi connectivity index (χ1v) is 7.99. The van der Waals surface area contributed by atoms with Crippen molar-refractivity contribution < 1.29 is 8.42 Å². The highest BCUT2D eigenvalue weighted by Crippen LogP contribution is 2.21. The molecule has 0 saturated heterocycles. The molecule has 0 amide bonds. The van der Waals surface area contributed by atoms with Gasteiger partial charge in [0.25, 0.3) is 0 Å². The SMILES string of the molecule is Cc1ccc(C#CCN)cc1S(=O)(=O)N(C)CC(C)C. The number of aryl methyl sites for hydroxylation is 1. The lowest BCUT2D eigenvalue weighted by atomic mass is 10.1. The minimum atomic E-state index is -3.48. The molecule has 0 heterocycles. The maximum absolute atomic E-state index is 12.6. The molecule has 5 heteroatoms. The minimum absolute atomic E-state index is 0.253. The summed E-state index contributed by atoms with van der Waals surface area (Å²) in [5, 5.41) is 0. The molecule has 0 unspecified atom stereocenters. The quantitative estimate of drug-likeness (QED) is 0.858. The number of rotatable bonds is 4. The number of benzene rings is 1. The van der Waals surface area contributed by atoms with Crippen molar-refractivity contribution in [1.82, 2.24) is 4.31 Å². The fourth-order valence-electron chi connectivity index (χ4n) is 1.89. The van der Waals surface area contributed by atoms with Crippen LogP contribution in [0.3, 0.4) is 0 Å². The van der Waals surface area contributed by atoms with Gasteiger partial charge >= 0.3 is 0 Å². The van der Waals surface area contributed by atoms with Crippen LogP contribution in [0.5, 0.6) is 0 Å². The Hall–Kier alpha value is -1.35. The van der Waals surface area contributed by atoms with Crippen LogP contribution >= 0.6 is 0 Å². The van der Waals surface area contributed by atoms with Crippen molar-refractivity contribution in [3.8, 4) is 11.8 Å². The minimum Gasteiger partial charge on any atom is -0.320 e. The zero-order valence-electron chi connectivity index (χ0n) is 12.5. The Labute approximate surface area is 122 Å². The standard InChI is InChI=1S/C15H22N2O2S/c1-12(2)11-17(4)20(18,19)15-10-14(6-5-9-16)8-7-13(15)3/h7-8,10,12H,9,11,16H2,1-4H3. The van der Waals surface area contributed by atoms with E-state index in [4.69, 9.17) is 5.73 Å². The lowest BCUT2D eigenvalue weighted by Gasteiger charge is -2.20. The molecule has 0 atom stereocenters. The molecule has 1 rings (SSSR count). The first-order chi connectivity index (χ1) is 9.28. The second kappa shape index (κ2) is 6.89. The van der Waals surface area contributed by atoms with Crippen LogP contribution in [0.4, 0.5) is 0 Å². The lowest BCUT2D eigenvalue weighted by molar-refractivity contribution is 0.417. The summed E-state index contributed by atoms with van der Waals surface area (Å²) in [6.45, 7) is 6.50. The van der Waals surface area contributed by atoms with Gasteiger partial charge in [-0.3, -0.25) is 0 Å². The molecule has 1 aromatic carbocycles. The molecule has 0 radical (unpaired) electrons. The molecule has 1 aromatic rings. The number of nitrogens with two attached hydrogens (primary N) is 1. The lowest BCUT2D eigenvalue weighted by Crippen LogP contribution is -2.30. The molecule has 0 aromatic heterocycles. The second-order valence-electron chi connectivity index (χ2n) is 5.17. The summed E-state index contributed by atoms with van der Waals surface area (Å²) in [7, 11) is -1.87. The molecule has 0 aliphatic rings. The first kappa shape index (κ1) is 16.7. The molecule has 2 N–H and O–H groups in total. The Bertz CT molecular complexity index is 625. The topological polar surface area (TPSA) is 63.4 Å². The van der Waals surface area contributed by atoms with Gasteiger partial charge < -0.3 is 5.73 Å². The van der Waals surface area contributed by atoms with Gasteiger partial charge in [-0.25, -0.2) is 12.7 Å². The van der Waals surface area contributed by atoms with Gasteiger partial charge in [-0.1, -0.05) is 31.8 Å². The van der Waals surface area contributed by atoms with Gasteiger partial charge in [-0.15, -0.1) is 0 Å². The second-order valence-corrected chi connectivity index (χ2v) is 7.18. The predicted molar refractivity (Wildman–Crippen MR) is 81.8 cm³/mol. The maximum Gasteiger partial charge on any atom is 0.243 e. The molecule has 20 heavy (non-hydrogen) atoms. The zero-order chi connectivity index (χ0) is 15.3. The van der Waals surface area contributed by atoms with Gasteiger partial charge in [0.1, 0.15) is 0 Å². The van der Waals surface area contributed by atoms with Crippen molar-refractivity contribution in [2.45, 2.75) is 25.7 Å². The van der Waals surface area contributed by atoms with E-state index < -0.39 is 10.0 Å². The Morgan fingerprint density at radius 1 is 1.35 bits per heavy atom. The van der Waals surface area contributed by atoms with Crippen molar-refractivity contribution in [2.75, 3.05) is 20.1 Å². The van der Waals surface area contributed by atoms with Crippen LogP contribution in [0, 0.1) is 24.7 Å². The van der Waals surface area contributed by atoms with Crippen LogP contribution in [0.1, 0.15) is 25.0 Å². The summed E-state index contributed by atoms with van der Waals surface area (Å²) in [5.74, 6) is 5.87. The molecular weight excluding hydrogens is 272 g/mol. The number of sulfonamides is 1. The number of hydrogen-bond donors (Lipinski definition) is 1. The van der Waals surface area contributed by atoms with Crippen LogP contribution in [0.15, 0.2) is 23.1 Å².